The molecule has 162 valence electrons. The molecule has 6 nitrogen and oxygen atoms in total. The standard InChI is InChI=1S/C23H24ClN3O3S/c1-14(13-25-2)30-19-9-8-17(12-20(19)29-3)27-11-10-18-21(23(27)28)31-22(26-18)15-4-6-16(24)7-5-15/h4,6,8-12,14,25H,5,7,13H2,1-3H3/t14-/m1/s1. The predicted octanol–water partition coefficient (Wildman–Crippen LogP) is 4.74. The molecule has 0 spiro atoms. The molecule has 0 unspecified atom stereocenters. The van der Waals surface area contributed by atoms with Crippen molar-refractivity contribution in [2.24, 2.45) is 0 Å². The highest BCUT2D eigenvalue weighted by atomic mass is 35.5. The van der Waals surface area contributed by atoms with Gasteiger partial charge in [0, 0.05) is 23.8 Å². The van der Waals surface area contributed by atoms with Gasteiger partial charge in [-0.25, -0.2) is 4.98 Å². The molecule has 1 aliphatic rings. The fourth-order valence-corrected chi connectivity index (χ4v) is 4.70. The van der Waals surface area contributed by atoms with E-state index in [1.54, 1.807) is 17.9 Å². The van der Waals surface area contributed by atoms with Gasteiger partial charge in [0.1, 0.15) is 15.8 Å². The molecule has 0 bridgehead atoms. The lowest BCUT2D eigenvalue weighted by atomic mass is 10.1. The van der Waals surface area contributed by atoms with Crippen molar-refractivity contribution in [2.45, 2.75) is 25.9 Å². The van der Waals surface area contributed by atoms with Crippen molar-refractivity contribution in [1.29, 1.82) is 0 Å². The number of aromatic nitrogens is 2. The molecule has 1 atom stereocenters. The second-order valence-electron chi connectivity index (χ2n) is 7.35. The number of fused-ring (bicyclic) bond motifs is 1. The molecule has 0 radical (unpaired) electrons. The lowest BCUT2D eigenvalue weighted by molar-refractivity contribution is 0.210. The summed E-state index contributed by atoms with van der Waals surface area (Å²) in [6.45, 7) is 2.70. The lowest BCUT2D eigenvalue weighted by Crippen LogP contribution is -2.26. The van der Waals surface area contributed by atoms with Crippen LogP contribution in [0.25, 0.3) is 21.5 Å². The van der Waals surface area contributed by atoms with Crippen molar-refractivity contribution in [3.05, 3.63) is 63.0 Å². The highest BCUT2D eigenvalue weighted by molar-refractivity contribution is 7.19. The second-order valence-corrected chi connectivity index (χ2v) is 8.84. The molecule has 0 saturated carbocycles. The molecule has 3 aromatic rings. The summed E-state index contributed by atoms with van der Waals surface area (Å²) < 4.78 is 13.7. The smallest absolute Gasteiger partial charge is 0.274 e. The minimum absolute atomic E-state index is 0.0155. The Kier molecular flexibility index (Phi) is 6.46. The second kappa shape index (κ2) is 9.26. The summed E-state index contributed by atoms with van der Waals surface area (Å²) >= 11 is 7.48. The molecule has 2 heterocycles. The summed E-state index contributed by atoms with van der Waals surface area (Å²) in [5.41, 5.74) is 2.41. The number of allylic oxidation sites excluding steroid dienone is 4. The number of thiazole rings is 1. The number of rotatable bonds is 7. The Morgan fingerprint density at radius 1 is 1.26 bits per heavy atom. The Balaban J connectivity index is 1.70. The lowest BCUT2D eigenvalue weighted by Gasteiger charge is -2.17. The van der Waals surface area contributed by atoms with Gasteiger partial charge in [0.05, 0.1) is 18.3 Å². The van der Waals surface area contributed by atoms with E-state index in [1.165, 1.54) is 11.3 Å². The molecule has 1 aliphatic carbocycles. The maximum absolute atomic E-state index is 13.2. The molecular weight excluding hydrogens is 434 g/mol. The molecule has 8 heteroatoms. The Morgan fingerprint density at radius 2 is 2.10 bits per heavy atom. The fourth-order valence-electron chi connectivity index (χ4n) is 3.50. The van der Waals surface area contributed by atoms with Crippen LogP contribution in [0.3, 0.4) is 0 Å². The van der Waals surface area contributed by atoms with E-state index in [4.69, 9.17) is 21.1 Å². The van der Waals surface area contributed by atoms with Crippen molar-refractivity contribution >= 4 is 38.7 Å². The molecule has 4 rings (SSSR count). The van der Waals surface area contributed by atoms with Crippen molar-refractivity contribution < 1.29 is 9.47 Å². The van der Waals surface area contributed by atoms with Gasteiger partial charge in [-0.3, -0.25) is 9.36 Å². The van der Waals surface area contributed by atoms with Crippen LogP contribution in [0.15, 0.2) is 52.4 Å². The van der Waals surface area contributed by atoms with Crippen LogP contribution < -0.4 is 20.3 Å². The van der Waals surface area contributed by atoms with Crippen LogP contribution in [0.1, 0.15) is 24.8 Å². The van der Waals surface area contributed by atoms with Gasteiger partial charge in [-0.05, 0) is 56.7 Å². The predicted molar refractivity (Wildman–Crippen MR) is 127 cm³/mol. The maximum Gasteiger partial charge on any atom is 0.274 e. The van der Waals surface area contributed by atoms with Crippen molar-refractivity contribution in [1.82, 2.24) is 14.9 Å². The zero-order valence-corrected chi connectivity index (χ0v) is 19.2. The Morgan fingerprint density at radius 3 is 2.81 bits per heavy atom. The minimum Gasteiger partial charge on any atom is -0.493 e. The fraction of sp³-hybridized carbons (Fsp3) is 0.304. The first-order chi connectivity index (χ1) is 15.0. The Hall–Kier alpha value is -2.61. The summed E-state index contributed by atoms with van der Waals surface area (Å²) in [5, 5.41) is 4.79. The quantitative estimate of drug-likeness (QED) is 0.555. The van der Waals surface area contributed by atoms with Crippen LogP contribution in [-0.2, 0) is 0 Å². The van der Waals surface area contributed by atoms with E-state index in [1.807, 2.05) is 50.4 Å². The van der Waals surface area contributed by atoms with Crippen LogP contribution in [0.2, 0.25) is 0 Å². The monoisotopic (exact) mass is 457 g/mol. The molecule has 0 amide bonds. The van der Waals surface area contributed by atoms with Gasteiger partial charge in [-0.1, -0.05) is 17.7 Å². The van der Waals surface area contributed by atoms with E-state index in [9.17, 15) is 4.79 Å². The number of methoxy groups -OCH3 is 1. The number of likely N-dealkylation sites (N-methyl/N-ethyl adjacent to an activating group) is 1. The first-order valence-corrected chi connectivity index (χ1v) is 11.3. The molecule has 0 aliphatic heterocycles. The number of hydrogen-bond donors (Lipinski definition) is 1. The van der Waals surface area contributed by atoms with Crippen molar-refractivity contribution in [2.75, 3.05) is 20.7 Å². The van der Waals surface area contributed by atoms with Gasteiger partial charge in [0.2, 0.25) is 0 Å². The van der Waals surface area contributed by atoms with Crippen LogP contribution >= 0.6 is 22.9 Å². The third kappa shape index (κ3) is 4.54. The first kappa shape index (κ1) is 21.6. The van der Waals surface area contributed by atoms with Crippen LogP contribution in [0.5, 0.6) is 11.5 Å². The topological polar surface area (TPSA) is 65.4 Å². The van der Waals surface area contributed by atoms with E-state index in [-0.39, 0.29) is 11.7 Å². The third-order valence-corrected chi connectivity index (χ3v) is 6.52. The van der Waals surface area contributed by atoms with Crippen molar-refractivity contribution in [3.8, 4) is 17.2 Å². The molecule has 0 fully saturated rings. The zero-order valence-electron chi connectivity index (χ0n) is 17.6. The molecule has 1 N–H and O–H groups in total. The van der Waals surface area contributed by atoms with Gasteiger partial charge >= 0.3 is 0 Å². The Bertz CT molecular complexity index is 1230. The first-order valence-electron chi connectivity index (χ1n) is 10.1. The van der Waals surface area contributed by atoms with Gasteiger partial charge < -0.3 is 14.8 Å². The number of nitrogens with one attached hydrogen (secondary N) is 1. The van der Waals surface area contributed by atoms with E-state index < -0.39 is 0 Å². The van der Waals surface area contributed by atoms with E-state index in [2.05, 4.69) is 10.3 Å². The summed E-state index contributed by atoms with van der Waals surface area (Å²) in [7, 11) is 3.47. The normalized spacial score (nSPS) is 14.8. The highest BCUT2D eigenvalue weighted by Crippen LogP contribution is 2.33. The van der Waals surface area contributed by atoms with Crippen LogP contribution in [-0.4, -0.2) is 36.4 Å². The number of pyridine rings is 1. The molecular formula is C23H24ClN3O3S. The van der Waals surface area contributed by atoms with Gasteiger partial charge in [-0.15, -0.1) is 11.3 Å². The number of halogens is 1. The van der Waals surface area contributed by atoms with E-state index in [0.717, 1.165) is 28.5 Å². The number of benzene rings is 1. The van der Waals surface area contributed by atoms with Crippen molar-refractivity contribution in [3.63, 3.8) is 0 Å². The minimum atomic E-state index is -0.106. The summed E-state index contributed by atoms with van der Waals surface area (Å²) in [5.74, 6) is 1.22. The summed E-state index contributed by atoms with van der Waals surface area (Å²) in [6.07, 6.45) is 7.25. The van der Waals surface area contributed by atoms with E-state index in [0.29, 0.717) is 33.9 Å². The van der Waals surface area contributed by atoms with Crippen LogP contribution in [0.4, 0.5) is 0 Å². The molecule has 0 saturated heterocycles. The molecule has 1 aromatic carbocycles. The molecule has 2 aromatic heterocycles. The van der Waals surface area contributed by atoms with Crippen LogP contribution in [0, 0.1) is 0 Å². The number of nitrogens with zero attached hydrogens (tertiary/aromatic N) is 2. The number of ether oxygens (including phenoxy) is 2. The van der Waals surface area contributed by atoms with Gasteiger partial charge in [0.25, 0.3) is 5.56 Å². The zero-order chi connectivity index (χ0) is 22.0. The summed E-state index contributed by atoms with van der Waals surface area (Å²) in [6, 6.07) is 7.37. The third-order valence-electron chi connectivity index (χ3n) is 5.07. The summed E-state index contributed by atoms with van der Waals surface area (Å²) in [4.78, 5) is 17.9. The largest absolute Gasteiger partial charge is 0.493 e. The highest BCUT2D eigenvalue weighted by Gasteiger charge is 2.16. The average molecular weight is 458 g/mol. The number of hydrogen-bond acceptors (Lipinski definition) is 6. The molecule has 31 heavy (non-hydrogen) atoms. The van der Waals surface area contributed by atoms with Gasteiger partial charge in [-0.2, -0.15) is 0 Å². The maximum atomic E-state index is 13.2. The van der Waals surface area contributed by atoms with E-state index >= 15 is 0 Å². The Labute approximate surface area is 189 Å². The average Bonchev–Trinajstić information content (AvgIpc) is 3.20. The van der Waals surface area contributed by atoms with Gasteiger partial charge in [0.15, 0.2) is 11.5 Å². The SMILES string of the molecule is CNC[C@@H](C)Oc1ccc(-n2ccc3nc(C4=CC=C(Cl)CC4)sc3c2=O)cc1OC.